The van der Waals surface area contributed by atoms with Crippen molar-refractivity contribution in [1.82, 2.24) is 15.0 Å². The summed E-state index contributed by atoms with van der Waals surface area (Å²) in [5.74, 6) is 1.00. The van der Waals surface area contributed by atoms with Crippen LogP contribution >= 0.6 is 11.8 Å². The standard InChI is InChI=1S/C17H12FN3OS/c18-12-7-5-11(6-8-12)14-9-19-17(21-14)23-10-16-20-13-3-1-2-4-15(13)22-16/h1-9H,10H2,(H,19,21). The van der Waals surface area contributed by atoms with Gasteiger partial charge in [0.05, 0.1) is 17.6 Å². The molecule has 114 valence electrons. The summed E-state index contributed by atoms with van der Waals surface area (Å²) in [5.41, 5.74) is 3.39. The fraction of sp³-hybridized carbons (Fsp3) is 0.0588. The first-order valence-electron chi connectivity index (χ1n) is 7.06. The van der Waals surface area contributed by atoms with E-state index in [9.17, 15) is 4.39 Å². The molecule has 0 amide bonds. The van der Waals surface area contributed by atoms with E-state index in [0.29, 0.717) is 11.6 Å². The molecule has 0 aliphatic carbocycles. The molecule has 0 unspecified atom stereocenters. The number of rotatable bonds is 4. The molecule has 2 heterocycles. The first-order valence-corrected chi connectivity index (χ1v) is 8.05. The van der Waals surface area contributed by atoms with Crippen LogP contribution in [0.1, 0.15) is 5.89 Å². The van der Waals surface area contributed by atoms with Crippen LogP contribution in [0.2, 0.25) is 0 Å². The second-order valence-electron chi connectivity index (χ2n) is 4.97. The van der Waals surface area contributed by atoms with Crippen LogP contribution < -0.4 is 0 Å². The average molecular weight is 325 g/mol. The number of H-pyrrole nitrogens is 1. The zero-order chi connectivity index (χ0) is 15.6. The summed E-state index contributed by atoms with van der Waals surface area (Å²) >= 11 is 1.51. The van der Waals surface area contributed by atoms with Crippen molar-refractivity contribution < 1.29 is 8.81 Å². The third kappa shape index (κ3) is 2.98. The van der Waals surface area contributed by atoms with Crippen molar-refractivity contribution in [2.75, 3.05) is 0 Å². The van der Waals surface area contributed by atoms with Gasteiger partial charge in [0.25, 0.3) is 0 Å². The maximum atomic E-state index is 13.0. The number of thioether (sulfide) groups is 1. The van der Waals surface area contributed by atoms with Gasteiger partial charge in [-0.25, -0.2) is 14.4 Å². The van der Waals surface area contributed by atoms with E-state index in [-0.39, 0.29) is 5.82 Å². The molecule has 4 rings (SSSR count). The van der Waals surface area contributed by atoms with Crippen LogP contribution in [-0.2, 0) is 5.75 Å². The molecule has 2 aromatic carbocycles. The van der Waals surface area contributed by atoms with Crippen LogP contribution in [0.25, 0.3) is 22.4 Å². The molecule has 0 aliphatic heterocycles. The summed E-state index contributed by atoms with van der Waals surface area (Å²) in [4.78, 5) is 12.0. The Morgan fingerprint density at radius 3 is 2.74 bits per heavy atom. The molecule has 4 aromatic rings. The van der Waals surface area contributed by atoms with Gasteiger partial charge in [-0.05, 0) is 42.0 Å². The summed E-state index contributed by atoms with van der Waals surface area (Å²) in [6.45, 7) is 0. The number of nitrogens with one attached hydrogen (secondary N) is 1. The largest absolute Gasteiger partial charge is 0.440 e. The molecular weight excluding hydrogens is 313 g/mol. The Balaban J connectivity index is 1.48. The van der Waals surface area contributed by atoms with Crippen molar-refractivity contribution in [3.8, 4) is 11.3 Å². The topological polar surface area (TPSA) is 54.7 Å². The number of halogens is 1. The first-order chi connectivity index (χ1) is 11.3. The van der Waals surface area contributed by atoms with E-state index in [4.69, 9.17) is 4.42 Å². The van der Waals surface area contributed by atoms with E-state index >= 15 is 0 Å². The lowest BCUT2D eigenvalue weighted by Crippen LogP contribution is -1.82. The molecule has 2 aromatic heterocycles. The number of para-hydroxylation sites is 2. The van der Waals surface area contributed by atoms with Gasteiger partial charge < -0.3 is 9.40 Å². The molecule has 23 heavy (non-hydrogen) atoms. The highest BCUT2D eigenvalue weighted by Crippen LogP contribution is 2.25. The zero-order valence-electron chi connectivity index (χ0n) is 12.0. The summed E-state index contributed by atoms with van der Waals surface area (Å²) in [5, 5.41) is 0.770. The maximum Gasteiger partial charge on any atom is 0.205 e. The smallest absolute Gasteiger partial charge is 0.205 e. The zero-order valence-corrected chi connectivity index (χ0v) is 12.8. The van der Waals surface area contributed by atoms with Crippen molar-refractivity contribution >= 4 is 22.9 Å². The minimum Gasteiger partial charge on any atom is -0.440 e. The van der Waals surface area contributed by atoms with Gasteiger partial charge in [0.15, 0.2) is 10.7 Å². The van der Waals surface area contributed by atoms with Gasteiger partial charge in [-0.2, -0.15) is 0 Å². The summed E-state index contributed by atoms with van der Waals surface area (Å²) in [6.07, 6.45) is 1.74. The van der Waals surface area contributed by atoms with E-state index in [1.54, 1.807) is 18.3 Å². The Morgan fingerprint density at radius 1 is 1.09 bits per heavy atom. The second-order valence-corrected chi connectivity index (χ2v) is 5.94. The van der Waals surface area contributed by atoms with Gasteiger partial charge in [0.1, 0.15) is 11.3 Å². The Labute approximate surface area is 135 Å². The molecule has 6 heteroatoms. The van der Waals surface area contributed by atoms with Crippen LogP contribution in [0.15, 0.2) is 64.3 Å². The van der Waals surface area contributed by atoms with E-state index < -0.39 is 0 Å². The lowest BCUT2D eigenvalue weighted by Gasteiger charge is -1.97. The highest BCUT2D eigenvalue weighted by atomic mass is 32.2. The number of oxazole rings is 1. The number of hydrogen-bond donors (Lipinski definition) is 1. The third-order valence-electron chi connectivity index (χ3n) is 3.38. The lowest BCUT2D eigenvalue weighted by atomic mass is 10.2. The Kier molecular flexibility index (Phi) is 3.59. The molecule has 0 saturated carbocycles. The Bertz CT molecular complexity index is 913. The van der Waals surface area contributed by atoms with E-state index in [0.717, 1.165) is 27.5 Å². The van der Waals surface area contributed by atoms with Crippen LogP contribution in [0.5, 0.6) is 0 Å². The van der Waals surface area contributed by atoms with Crippen LogP contribution in [0.4, 0.5) is 4.39 Å². The number of aromatic amines is 1. The van der Waals surface area contributed by atoms with Gasteiger partial charge in [0, 0.05) is 0 Å². The SMILES string of the molecule is Fc1ccc(-c2cnc(SCc3nc4ccccc4o3)[nH]2)cc1. The second kappa shape index (κ2) is 5.89. The number of benzene rings is 2. The molecule has 0 aliphatic rings. The summed E-state index contributed by atoms with van der Waals surface area (Å²) in [7, 11) is 0. The normalized spacial score (nSPS) is 11.2. The Morgan fingerprint density at radius 2 is 1.91 bits per heavy atom. The summed E-state index contributed by atoms with van der Waals surface area (Å²) in [6, 6.07) is 14.0. The highest BCUT2D eigenvalue weighted by molar-refractivity contribution is 7.98. The number of nitrogens with zero attached hydrogens (tertiary/aromatic N) is 2. The predicted molar refractivity (Wildman–Crippen MR) is 87.6 cm³/mol. The van der Waals surface area contributed by atoms with Crippen LogP contribution in [0, 0.1) is 5.82 Å². The monoisotopic (exact) mass is 325 g/mol. The maximum absolute atomic E-state index is 13.0. The lowest BCUT2D eigenvalue weighted by molar-refractivity contribution is 0.556. The van der Waals surface area contributed by atoms with E-state index in [1.807, 2.05) is 24.3 Å². The molecule has 0 atom stereocenters. The highest BCUT2D eigenvalue weighted by Gasteiger charge is 2.08. The van der Waals surface area contributed by atoms with Gasteiger partial charge >= 0.3 is 0 Å². The molecule has 4 nitrogen and oxygen atoms in total. The molecule has 0 bridgehead atoms. The number of aromatic nitrogens is 3. The van der Waals surface area contributed by atoms with E-state index in [1.165, 1.54) is 23.9 Å². The van der Waals surface area contributed by atoms with Crippen molar-refractivity contribution in [2.24, 2.45) is 0 Å². The quantitative estimate of drug-likeness (QED) is 0.555. The molecule has 0 radical (unpaired) electrons. The van der Waals surface area contributed by atoms with Crippen LogP contribution in [-0.4, -0.2) is 15.0 Å². The number of hydrogen-bond acceptors (Lipinski definition) is 4. The summed E-state index contributed by atoms with van der Waals surface area (Å²) < 4.78 is 18.6. The van der Waals surface area contributed by atoms with Gasteiger partial charge in [0.2, 0.25) is 5.89 Å². The predicted octanol–water partition coefficient (Wildman–Crippen LogP) is 4.65. The minimum atomic E-state index is -0.251. The molecule has 0 fully saturated rings. The van der Waals surface area contributed by atoms with Gasteiger partial charge in [-0.15, -0.1) is 0 Å². The molecule has 1 N–H and O–H groups in total. The van der Waals surface area contributed by atoms with Gasteiger partial charge in [-0.1, -0.05) is 23.9 Å². The Hall–Kier alpha value is -2.60. The average Bonchev–Trinajstić information content (AvgIpc) is 3.20. The van der Waals surface area contributed by atoms with Crippen molar-refractivity contribution in [3.63, 3.8) is 0 Å². The molecule has 0 spiro atoms. The third-order valence-corrected chi connectivity index (χ3v) is 4.25. The molecular formula is C17H12FN3OS. The van der Waals surface area contributed by atoms with Crippen molar-refractivity contribution in [3.05, 3.63) is 66.4 Å². The van der Waals surface area contributed by atoms with Crippen LogP contribution in [0.3, 0.4) is 0 Å². The van der Waals surface area contributed by atoms with Gasteiger partial charge in [-0.3, -0.25) is 0 Å². The van der Waals surface area contributed by atoms with Crippen molar-refractivity contribution in [2.45, 2.75) is 10.9 Å². The number of imidazole rings is 1. The minimum absolute atomic E-state index is 0.251. The fourth-order valence-electron chi connectivity index (χ4n) is 2.26. The molecule has 0 saturated heterocycles. The first kappa shape index (κ1) is 14.0. The number of fused-ring (bicyclic) bond motifs is 1. The van der Waals surface area contributed by atoms with Crippen molar-refractivity contribution in [1.29, 1.82) is 0 Å². The fourth-order valence-corrected chi connectivity index (χ4v) is 2.96. The van der Waals surface area contributed by atoms with E-state index in [2.05, 4.69) is 15.0 Å².